The first kappa shape index (κ1) is 15.6. The van der Waals surface area contributed by atoms with E-state index in [9.17, 15) is 9.18 Å². The van der Waals surface area contributed by atoms with E-state index in [0.29, 0.717) is 17.9 Å². The molecule has 0 saturated carbocycles. The third-order valence-electron chi connectivity index (χ3n) is 3.24. The highest BCUT2D eigenvalue weighted by atomic mass is 32.2. The number of halogens is 1. The number of rotatable bonds is 5. The van der Waals surface area contributed by atoms with Crippen molar-refractivity contribution in [1.82, 2.24) is 4.90 Å². The summed E-state index contributed by atoms with van der Waals surface area (Å²) in [4.78, 5) is 14.8. The fourth-order valence-electron chi connectivity index (χ4n) is 1.94. The quantitative estimate of drug-likeness (QED) is 0.781. The summed E-state index contributed by atoms with van der Waals surface area (Å²) < 4.78 is 13.6. The van der Waals surface area contributed by atoms with Crippen LogP contribution in [-0.2, 0) is 11.3 Å². The highest BCUT2D eigenvalue weighted by Crippen LogP contribution is 2.22. The highest BCUT2D eigenvalue weighted by Gasteiger charge is 2.12. The van der Waals surface area contributed by atoms with E-state index in [2.05, 4.69) is 0 Å². The minimum atomic E-state index is -0.274. The molecule has 4 heteroatoms. The van der Waals surface area contributed by atoms with Crippen LogP contribution in [0.4, 0.5) is 4.39 Å². The van der Waals surface area contributed by atoms with E-state index >= 15 is 0 Å². The van der Waals surface area contributed by atoms with Crippen LogP contribution in [0.15, 0.2) is 53.4 Å². The molecule has 2 nitrogen and oxygen atoms in total. The molecule has 0 aliphatic rings. The van der Waals surface area contributed by atoms with Gasteiger partial charge in [0.05, 0.1) is 5.75 Å². The van der Waals surface area contributed by atoms with Crippen molar-refractivity contribution >= 4 is 17.7 Å². The van der Waals surface area contributed by atoms with Crippen molar-refractivity contribution in [2.75, 3.05) is 12.8 Å². The molecule has 0 heterocycles. The van der Waals surface area contributed by atoms with E-state index in [0.717, 1.165) is 10.5 Å². The molecule has 21 heavy (non-hydrogen) atoms. The first-order chi connectivity index (χ1) is 10.1. The largest absolute Gasteiger partial charge is 0.341 e. The molecule has 0 aromatic heterocycles. The van der Waals surface area contributed by atoms with Gasteiger partial charge in [-0.3, -0.25) is 4.79 Å². The number of hydrogen-bond acceptors (Lipinski definition) is 2. The van der Waals surface area contributed by atoms with Gasteiger partial charge >= 0.3 is 0 Å². The average Bonchev–Trinajstić information content (AvgIpc) is 2.48. The van der Waals surface area contributed by atoms with Crippen LogP contribution in [0.25, 0.3) is 0 Å². The summed E-state index contributed by atoms with van der Waals surface area (Å²) in [7, 11) is 1.70. The van der Waals surface area contributed by atoms with Crippen molar-refractivity contribution in [1.29, 1.82) is 0 Å². The van der Waals surface area contributed by atoms with Crippen molar-refractivity contribution in [2.45, 2.75) is 18.4 Å². The normalized spacial score (nSPS) is 10.4. The Morgan fingerprint density at radius 1 is 1.14 bits per heavy atom. The lowest BCUT2D eigenvalue weighted by atomic mass is 10.2. The van der Waals surface area contributed by atoms with Crippen LogP contribution in [0.1, 0.15) is 11.1 Å². The molecule has 0 bridgehead atoms. The van der Waals surface area contributed by atoms with Crippen LogP contribution in [-0.4, -0.2) is 23.6 Å². The molecule has 2 aromatic rings. The topological polar surface area (TPSA) is 20.3 Å². The number of carbonyl (C=O) groups excluding carboxylic acids is 1. The zero-order valence-electron chi connectivity index (χ0n) is 12.2. The summed E-state index contributed by atoms with van der Waals surface area (Å²) in [6, 6.07) is 14.5. The minimum Gasteiger partial charge on any atom is -0.341 e. The second-order valence-electron chi connectivity index (χ2n) is 4.90. The first-order valence-corrected chi connectivity index (χ1v) is 7.72. The van der Waals surface area contributed by atoms with Crippen LogP contribution in [0.3, 0.4) is 0 Å². The molecular formula is C17H18FNOS. The van der Waals surface area contributed by atoms with E-state index in [-0.39, 0.29) is 11.7 Å². The summed E-state index contributed by atoms with van der Waals surface area (Å²) in [5.74, 6) is 0.0747. The van der Waals surface area contributed by atoms with Gasteiger partial charge in [-0.2, -0.15) is 0 Å². The standard InChI is InChI=1S/C17H18FNOS/c1-13-7-3-6-10-16(13)21-12-17(20)19(2)11-14-8-4-5-9-15(14)18/h3-10H,11-12H2,1-2H3. The molecule has 0 spiro atoms. The Morgan fingerprint density at radius 3 is 2.52 bits per heavy atom. The van der Waals surface area contributed by atoms with E-state index in [4.69, 9.17) is 0 Å². The molecule has 0 unspecified atom stereocenters. The molecule has 0 radical (unpaired) electrons. The van der Waals surface area contributed by atoms with Gasteiger partial charge in [0.15, 0.2) is 0 Å². The predicted molar refractivity (Wildman–Crippen MR) is 84.8 cm³/mol. The second-order valence-corrected chi connectivity index (χ2v) is 5.91. The molecule has 2 aromatic carbocycles. The summed E-state index contributed by atoms with van der Waals surface area (Å²) >= 11 is 1.51. The summed E-state index contributed by atoms with van der Waals surface area (Å²) in [5, 5.41) is 0. The summed E-state index contributed by atoms with van der Waals surface area (Å²) in [6.45, 7) is 2.32. The van der Waals surface area contributed by atoms with Gasteiger partial charge in [0.2, 0.25) is 5.91 Å². The van der Waals surface area contributed by atoms with Gasteiger partial charge < -0.3 is 4.90 Å². The Kier molecular flexibility index (Phi) is 5.39. The van der Waals surface area contributed by atoms with Gasteiger partial charge in [0.1, 0.15) is 5.82 Å². The lowest BCUT2D eigenvalue weighted by Crippen LogP contribution is -2.28. The number of benzene rings is 2. The second kappa shape index (κ2) is 7.27. The van der Waals surface area contributed by atoms with Gasteiger partial charge in [0.25, 0.3) is 0 Å². The van der Waals surface area contributed by atoms with Gasteiger partial charge in [-0.05, 0) is 24.6 Å². The maximum atomic E-state index is 13.6. The van der Waals surface area contributed by atoms with Crippen molar-refractivity contribution in [2.24, 2.45) is 0 Å². The molecule has 0 saturated heterocycles. The molecule has 0 aliphatic heterocycles. The summed E-state index contributed by atoms with van der Waals surface area (Å²) in [6.07, 6.45) is 0. The Balaban J connectivity index is 1.91. The molecule has 0 N–H and O–H groups in total. The number of nitrogens with zero attached hydrogens (tertiary/aromatic N) is 1. The molecular weight excluding hydrogens is 285 g/mol. The van der Waals surface area contributed by atoms with Crippen molar-refractivity contribution in [3.8, 4) is 0 Å². The van der Waals surface area contributed by atoms with E-state index in [1.54, 1.807) is 30.1 Å². The van der Waals surface area contributed by atoms with Crippen molar-refractivity contribution in [3.05, 3.63) is 65.5 Å². The van der Waals surface area contributed by atoms with E-state index < -0.39 is 0 Å². The van der Waals surface area contributed by atoms with Crippen LogP contribution in [0.5, 0.6) is 0 Å². The number of thioether (sulfide) groups is 1. The Hall–Kier alpha value is -1.81. The smallest absolute Gasteiger partial charge is 0.232 e. The Morgan fingerprint density at radius 2 is 1.81 bits per heavy atom. The predicted octanol–water partition coefficient (Wildman–Crippen LogP) is 3.88. The van der Waals surface area contributed by atoms with Gasteiger partial charge in [-0.15, -0.1) is 11.8 Å². The van der Waals surface area contributed by atoms with Gasteiger partial charge in [0, 0.05) is 24.1 Å². The van der Waals surface area contributed by atoms with E-state index in [1.807, 2.05) is 31.2 Å². The van der Waals surface area contributed by atoms with E-state index in [1.165, 1.54) is 17.8 Å². The Labute approximate surface area is 129 Å². The number of carbonyl (C=O) groups is 1. The monoisotopic (exact) mass is 303 g/mol. The maximum Gasteiger partial charge on any atom is 0.232 e. The van der Waals surface area contributed by atoms with Gasteiger partial charge in [-0.1, -0.05) is 36.4 Å². The summed E-state index contributed by atoms with van der Waals surface area (Å²) in [5.41, 5.74) is 1.70. The van der Waals surface area contributed by atoms with Crippen molar-refractivity contribution < 1.29 is 9.18 Å². The molecule has 2 rings (SSSR count). The fourth-order valence-corrected chi connectivity index (χ4v) is 2.91. The lowest BCUT2D eigenvalue weighted by molar-refractivity contribution is -0.127. The Bertz CT molecular complexity index is 630. The first-order valence-electron chi connectivity index (χ1n) is 6.73. The molecule has 0 aliphatic carbocycles. The maximum absolute atomic E-state index is 13.6. The third-order valence-corrected chi connectivity index (χ3v) is 4.40. The van der Waals surface area contributed by atoms with Crippen LogP contribution >= 0.6 is 11.8 Å². The van der Waals surface area contributed by atoms with Gasteiger partial charge in [-0.25, -0.2) is 4.39 Å². The minimum absolute atomic E-state index is 0.00786. The SMILES string of the molecule is Cc1ccccc1SCC(=O)N(C)Cc1ccccc1F. The molecule has 0 atom stereocenters. The highest BCUT2D eigenvalue weighted by molar-refractivity contribution is 8.00. The van der Waals surface area contributed by atoms with Crippen LogP contribution in [0.2, 0.25) is 0 Å². The van der Waals surface area contributed by atoms with Crippen LogP contribution < -0.4 is 0 Å². The average molecular weight is 303 g/mol. The van der Waals surface area contributed by atoms with Crippen LogP contribution in [0, 0.1) is 12.7 Å². The number of aryl methyl sites for hydroxylation is 1. The lowest BCUT2D eigenvalue weighted by Gasteiger charge is -2.17. The number of hydrogen-bond donors (Lipinski definition) is 0. The number of amides is 1. The molecule has 1 amide bonds. The zero-order valence-corrected chi connectivity index (χ0v) is 13.0. The molecule has 0 fully saturated rings. The van der Waals surface area contributed by atoms with Crippen molar-refractivity contribution in [3.63, 3.8) is 0 Å². The third kappa shape index (κ3) is 4.33. The molecule has 110 valence electrons. The fraction of sp³-hybridized carbons (Fsp3) is 0.235. The zero-order chi connectivity index (χ0) is 15.2.